The van der Waals surface area contributed by atoms with Gasteiger partial charge in [0, 0.05) is 13.0 Å². The number of carbonyl (C=O) groups is 1. The van der Waals surface area contributed by atoms with Gasteiger partial charge in [-0.3, -0.25) is 4.79 Å². The van der Waals surface area contributed by atoms with Crippen LogP contribution in [0.2, 0.25) is 0 Å². The normalized spacial score (nSPS) is 11.9. The fourth-order valence-corrected chi connectivity index (χ4v) is 2.41. The molecule has 2 aromatic carbocycles. The van der Waals surface area contributed by atoms with E-state index < -0.39 is 0 Å². The summed E-state index contributed by atoms with van der Waals surface area (Å²) in [5, 5.41) is 12.0. The second-order valence-corrected chi connectivity index (χ2v) is 5.59. The van der Waals surface area contributed by atoms with Crippen LogP contribution in [-0.2, 0) is 17.8 Å². The molecule has 0 aliphatic heterocycles. The van der Waals surface area contributed by atoms with E-state index >= 15 is 0 Å². The standard InChI is InChI=1S/C19H23NO2/c1-15(18-5-3-2-4-6-18)13-19(22)20-12-11-16-7-9-17(14-21)10-8-16/h2-10,15,21H,11-14H2,1H3,(H,20,22). The van der Waals surface area contributed by atoms with Crippen molar-refractivity contribution in [2.24, 2.45) is 0 Å². The Hall–Kier alpha value is -2.13. The Bertz CT molecular complexity index is 578. The zero-order chi connectivity index (χ0) is 15.8. The van der Waals surface area contributed by atoms with Crippen LogP contribution in [0, 0.1) is 0 Å². The molecule has 1 amide bonds. The van der Waals surface area contributed by atoms with Gasteiger partial charge in [-0.2, -0.15) is 0 Å². The highest BCUT2D eigenvalue weighted by Gasteiger charge is 2.10. The van der Waals surface area contributed by atoms with Crippen LogP contribution in [0.4, 0.5) is 0 Å². The lowest BCUT2D eigenvalue weighted by Crippen LogP contribution is -2.26. The summed E-state index contributed by atoms with van der Waals surface area (Å²) >= 11 is 0. The van der Waals surface area contributed by atoms with Crippen molar-refractivity contribution in [3.8, 4) is 0 Å². The van der Waals surface area contributed by atoms with Crippen molar-refractivity contribution in [3.05, 3.63) is 71.3 Å². The first-order valence-corrected chi connectivity index (χ1v) is 7.69. The Balaban J connectivity index is 1.73. The van der Waals surface area contributed by atoms with Gasteiger partial charge in [0.25, 0.3) is 0 Å². The monoisotopic (exact) mass is 297 g/mol. The lowest BCUT2D eigenvalue weighted by molar-refractivity contribution is -0.121. The van der Waals surface area contributed by atoms with Gasteiger partial charge in [-0.15, -0.1) is 0 Å². The fraction of sp³-hybridized carbons (Fsp3) is 0.316. The zero-order valence-electron chi connectivity index (χ0n) is 13.0. The summed E-state index contributed by atoms with van der Waals surface area (Å²) in [6.07, 6.45) is 1.31. The number of hydrogen-bond donors (Lipinski definition) is 2. The number of nitrogens with one attached hydrogen (secondary N) is 1. The molecule has 0 aromatic heterocycles. The Morgan fingerprint density at radius 3 is 2.32 bits per heavy atom. The third-order valence-corrected chi connectivity index (χ3v) is 3.80. The third-order valence-electron chi connectivity index (χ3n) is 3.80. The Morgan fingerprint density at radius 1 is 1.05 bits per heavy atom. The van der Waals surface area contributed by atoms with Crippen molar-refractivity contribution in [2.45, 2.75) is 32.3 Å². The molecule has 22 heavy (non-hydrogen) atoms. The summed E-state index contributed by atoms with van der Waals surface area (Å²) in [6, 6.07) is 17.9. The van der Waals surface area contributed by atoms with Crippen molar-refractivity contribution in [1.82, 2.24) is 5.32 Å². The van der Waals surface area contributed by atoms with Gasteiger partial charge in [-0.05, 0) is 29.0 Å². The molecule has 0 bridgehead atoms. The molecule has 0 radical (unpaired) electrons. The number of hydrogen-bond acceptors (Lipinski definition) is 2. The molecule has 0 aliphatic rings. The number of carbonyl (C=O) groups excluding carboxylic acids is 1. The first-order valence-electron chi connectivity index (χ1n) is 7.69. The number of aliphatic hydroxyl groups is 1. The van der Waals surface area contributed by atoms with E-state index in [4.69, 9.17) is 5.11 Å². The Kier molecular flexibility index (Phi) is 6.16. The summed E-state index contributed by atoms with van der Waals surface area (Å²) in [5.41, 5.74) is 3.26. The van der Waals surface area contributed by atoms with Crippen molar-refractivity contribution < 1.29 is 9.90 Å². The van der Waals surface area contributed by atoms with Crippen LogP contribution in [0.25, 0.3) is 0 Å². The minimum atomic E-state index is 0.0639. The molecule has 2 rings (SSSR count). The van der Waals surface area contributed by atoms with E-state index in [0.717, 1.165) is 17.5 Å². The topological polar surface area (TPSA) is 49.3 Å². The maximum absolute atomic E-state index is 12.0. The molecule has 0 heterocycles. The van der Waals surface area contributed by atoms with Crippen molar-refractivity contribution in [1.29, 1.82) is 0 Å². The van der Waals surface area contributed by atoms with Crippen LogP contribution in [0.15, 0.2) is 54.6 Å². The maximum Gasteiger partial charge on any atom is 0.220 e. The first kappa shape index (κ1) is 16.2. The molecule has 1 unspecified atom stereocenters. The van der Waals surface area contributed by atoms with E-state index in [1.165, 1.54) is 5.56 Å². The zero-order valence-corrected chi connectivity index (χ0v) is 13.0. The quantitative estimate of drug-likeness (QED) is 0.825. The highest BCUT2D eigenvalue weighted by atomic mass is 16.3. The number of amides is 1. The van der Waals surface area contributed by atoms with Gasteiger partial charge in [0.15, 0.2) is 0 Å². The van der Waals surface area contributed by atoms with E-state index in [0.29, 0.717) is 13.0 Å². The van der Waals surface area contributed by atoms with Crippen molar-refractivity contribution >= 4 is 5.91 Å². The SMILES string of the molecule is CC(CC(=O)NCCc1ccc(CO)cc1)c1ccccc1. The molecular formula is C19H23NO2. The second-order valence-electron chi connectivity index (χ2n) is 5.59. The van der Waals surface area contributed by atoms with E-state index in [-0.39, 0.29) is 18.4 Å². The van der Waals surface area contributed by atoms with Gasteiger partial charge in [0.1, 0.15) is 0 Å². The molecule has 2 aromatic rings. The van der Waals surface area contributed by atoms with E-state index in [9.17, 15) is 4.79 Å². The predicted octanol–water partition coefficient (Wildman–Crippen LogP) is 3.03. The van der Waals surface area contributed by atoms with Gasteiger partial charge in [-0.25, -0.2) is 0 Å². The summed E-state index contributed by atoms with van der Waals surface area (Å²) in [4.78, 5) is 12.0. The summed E-state index contributed by atoms with van der Waals surface area (Å²) < 4.78 is 0. The van der Waals surface area contributed by atoms with E-state index in [1.807, 2.05) is 42.5 Å². The highest BCUT2D eigenvalue weighted by Crippen LogP contribution is 2.17. The lowest BCUT2D eigenvalue weighted by Gasteiger charge is -2.12. The Labute approximate surface area is 132 Å². The van der Waals surface area contributed by atoms with Crippen LogP contribution < -0.4 is 5.32 Å². The maximum atomic E-state index is 12.0. The second kappa shape index (κ2) is 8.35. The van der Waals surface area contributed by atoms with E-state index in [1.54, 1.807) is 0 Å². The molecule has 0 saturated carbocycles. The van der Waals surface area contributed by atoms with Gasteiger partial charge in [-0.1, -0.05) is 61.5 Å². The minimum absolute atomic E-state index is 0.0639. The van der Waals surface area contributed by atoms with Gasteiger partial charge < -0.3 is 10.4 Å². The average Bonchev–Trinajstić information content (AvgIpc) is 2.56. The van der Waals surface area contributed by atoms with Gasteiger partial charge >= 0.3 is 0 Å². The lowest BCUT2D eigenvalue weighted by atomic mass is 9.97. The summed E-state index contributed by atoms with van der Waals surface area (Å²) in [7, 11) is 0. The molecule has 116 valence electrons. The van der Waals surface area contributed by atoms with Crippen LogP contribution in [-0.4, -0.2) is 17.6 Å². The highest BCUT2D eigenvalue weighted by molar-refractivity contribution is 5.76. The van der Waals surface area contributed by atoms with Crippen molar-refractivity contribution in [2.75, 3.05) is 6.54 Å². The molecule has 2 N–H and O–H groups in total. The summed E-state index contributed by atoms with van der Waals surface area (Å²) in [6.45, 7) is 2.77. The first-order chi connectivity index (χ1) is 10.7. The van der Waals surface area contributed by atoms with E-state index in [2.05, 4.69) is 24.4 Å². The molecule has 0 spiro atoms. The Morgan fingerprint density at radius 2 is 1.68 bits per heavy atom. The van der Waals surface area contributed by atoms with Crippen molar-refractivity contribution in [3.63, 3.8) is 0 Å². The number of aliphatic hydroxyl groups excluding tert-OH is 1. The van der Waals surface area contributed by atoms with Crippen LogP contribution in [0.5, 0.6) is 0 Å². The predicted molar refractivity (Wildman–Crippen MR) is 88.6 cm³/mol. The molecule has 1 atom stereocenters. The van der Waals surface area contributed by atoms with Crippen LogP contribution in [0.3, 0.4) is 0 Å². The molecule has 3 nitrogen and oxygen atoms in total. The molecular weight excluding hydrogens is 274 g/mol. The van der Waals surface area contributed by atoms with Crippen LogP contribution in [0.1, 0.15) is 36.0 Å². The molecule has 0 saturated heterocycles. The smallest absolute Gasteiger partial charge is 0.220 e. The number of rotatable bonds is 7. The largest absolute Gasteiger partial charge is 0.392 e. The minimum Gasteiger partial charge on any atom is -0.392 e. The van der Waals surface area contributed by atoms with Gasteiger partial charge in [0.05, 0.1) is 6.61 Å². The van der Waals surface area contributed by atoms with Gasteiger partial charge in [0.2, 0.25) is 5.91 Å². The number of benzene rings is 2. The molecule has 0 aliphatic carbocycles. The summed E-state index contributed by atoms with van der Waals surface area (Å²) in [5.74, 6) is 0.313. The third kappa shape index (κ3) is 5.01. The molecule has 3 heteroatoms. The fourth-order valence-electron chi connectivity index (χ4n) is 2.41. The molecule has 0 fully saturated rings. The van der Waals surface area contributed by atoms with Crippen LogP contribution >= 0.6 is 0 Å². The average molecular weight is 297 g/mol.